The number of carbonyl (C=O) groups is 1. The van der Waals surface area contributed by atoms with Crippen LogP contribution in [0.3, 0.4) is 0 Å². The number of morpholine rings is 1. The van der Waals surface area contributed by atoms with E-state index in [1.807, 2.05) is 53.4 Å². The molecule has 2 aromatic heterocycles. The fourth-order valence-corrected chi connectivity index (χ4v) is 3.34. The summed E-state index contributed by atoms with van der Waals surface area (Å²) in [4.78, 5) is 23.2. The number of amides is 1. The fourth-order valence-electron chi connectivity index (χ4n) is 3.34. The largest absolute Gasteiger partial charge is 0.494 e. The first-order valence-electron chi connectivity index (χ1n) is 9.16. The molecule has 0 bridgehead atoms. The van der Waals surface area contributed by atoms with Crippen molar-refractivity contribution in [3.05, 3.63) is 78.4 Å². The van der Waals surface area contributed by atoms with E-state index in [0.29, 0.717) is 31.0 Å². The van der Waals surface area contributed by atoms with Crippen molar-refractivity contribution in [3.8, 4) is 16.9 Å². The SMILES string of the molecule is COc1cnccc1-c1ccc(C(=O)N2CCOC(c3ccccn3)C2)cc1. The average molecular weight is 375 g/mol. The van der Waals surface area contributed by atoms with E-state index in [2.05, 4.69) is 9.97 Å². The molecule has 0 radical (unpaired) electrons. The van der Waals surface area contributed by atoms with Crippen molar-refractivity contribution in [2.24, 2.45) is 0 Å². The molecule has 0 spiro atoms. The second-order valence-electron chi connectivity index (χ2n) is 6.52. The van der Waals surface area contributed by atoms with E-state index in [1.54, 1.807) is 25.7 Å². The standard InChI is InChI=1S/C22H21N3O3/c1-27-20-14-23-11-9-18(20)16-5-7-17(8-6-16)22(26)25-12-13-28-21(15-25)19-4-2-3-10-24-19/h2-11,14,21H,12-13,15H2,1H3. The average Bonchev–Trinajstić information content (AvgIpc) is 2.79. The number of nitrogens with zero attached hydrogens (tertiary/aromatic N) is 3. The number of methoxy groups -OCH3 is 1. The Hall–Kier alpha value is -3.25. The number of hydrogen-bond donors (Lipinski definition) is 0. The summed E-state index contributed by atoms with van der Waals surface area (Å²) < 4.78 is 11.2. The van der Waals surface area contributed by atoms with Gasteiger partial charge in [-0.05, 0) is 35.9 Å². The van der Waals surface area contributed by atoms with E-state index in [-0.39, 0.29) is 12.0 Å². The molecule has 1 saturated heterocycles. The van der Waals surface area contributed by atoms with Gasteiger partial charge in [-0.1, -0.05) is 18.2 Å². The Bertz CT molecular complexity index is 945. The van der Waals surface area contributed by atoms with Gasteiger partial charge in [-0.2, -0.15) is 0 Å². The highest BCUT2D eigenvalue weighted by atomic mass is 16.5. The van der Waals surface area contributed by atoms with Gasteiger partial charge in [0.05, 0.1) is 32.2 Å². The maximum atomic E-state index is 13.0. The van der Waals surface area contributed by atoms with E-state index in [4.69, 9.17) is 9.47 Å². The van der Waals surface area contributed by atoms with Crippen molar-refractivity contribution in [2.45, 2.75) is 6.10 Å². The topological polar surface area (TPSA) is 64.5 Å². The number of aromatic nitrogens is 2. The molecule has 1 aliphatic rings. The van der Waals surface area contributed by atoms with Crippen LogP contribution in [0.5, 0.6) is 5.75 Å². The van der Waals surface area contributed by atoms with Crippen LogP contribution >= 0.6 is 0 Å². The van der Waals surface area contributed by atoms with E-state index < -0.39 is 0 Å². The van der Waals surface area contributed by atoms with Crippen molar-refractivity contribution >= 4 is 5.91 Å². The fraction of sp³-hybridized carbons (Fsp3) is 0.227. The van der Waals surface area contributed by atoms with Crippen molar-refractivity contribution in [1.82, 2.24) is 14.9 Å². The second-order valence-corrected chi connectivity index (χ2v) is 6.52. The molecule has 1 amide bonds. The van der Waals surface area contributed by atoms with Gasteiger partial charge in [-0.25, -0.2) is 0 Å². The summed E-state index contributed by atoms with van der Waals surface area (Å²) >= 11 is 0. The lowest BCUT2D eigenvalue weighted by Gasteiger charge is -2.32. The third-order valence-corrected chi connectivity index (χ3v) is 4.82. The van der Waals surface area contributed by atoms with E-state index >= 15 is 0 Å². The quantitative estimate of drug-likeness (QED) is 0.700. The molecular formula is C22H21N3O3. The molecule has 0 aliphatic carbocycles. The monoisotopic (exact) mass is 375 g/mol. The van der Waals surface area contributed by atoms with Crippen molar-refractivity contribution in [1.29, 1.82) is 0 Å². The van der Waals surface area contributed by atoms with Gasteiger partial charge in [0.15, 0.2) is 0 Å². The van der Waals surface area contributed by atoms with Crippen LogP contribution in [-0.4, -0.2) is 47.6 Å². The molecule has 6 heteroatoms. The summed E-state index contributed by atoms with van der Waals surface area (Å²) in [7, 11) is 1.62. The van der Waals surface area contributed by atoms with Crippen LogP contribution in [0.4, 0.5) is 0 Å². The van der Waals surface area contributed by atoms with Crippen LogP contribution in [-0.2, 0) is 4.74 Å². The maximum absolute atomic E-state index is 13.0. The van der Waals surface area contributed by atoms with Crippen LogP contribution < -0.4 is 4.74 Å². The zero-order valence-electron chi connectivity index (χ0n) is 15.6. The lowest BCUT2D eigenvalue weighted by Crippen LogP contribution is -2.42. The van der Waals surface area contributed by atoms with E-state index in [1.165, 1.54) is 0 Å². The Labute approximate surface area is 163 Å². The van der Waals surface area contributed by atoms with E-state index in [0.717, 1.165) is 16.8 Å². The first-order valence-corrected chi connectivity index (χ1v) is 9.16. The van der Waals surface area contributed by atoms with Crippen LogP contribution in [0.15, 0.2) is 67.1 Å². The Morgan fingerprint density at radius 3 is 2.75 bits per heavy atom. The Kier molecular flexibility index (Phi) is 5.30. The summed E-state index contributed by atoms with van der Waals surface area (Å²) in [6, 6.07) is 15.2. The maximum Gasteiger partial charge on any atom is 0.254 e. The van der Waals surface area contributed by atoms with Gasteiger partial charge < -0.3 is 14.4 Å². The van der Waals surface area contributed by atoms with Gasteiger partial charge in [0.25, 0.3) is 5.91 Å². The second kappa shape index (κ2) is 8.19. The minimum atomic E-state index is -0.195. The molecule has 1 aliphatic heterocycles. The summed E-state index contributed by atoms with van der Waals surface area (Å²) in [5.74, 6) is 0.699. The number of benzene rings is 1. The summed E-state index contributed by atoms with van der Waals surface area (Å²) in [5, 5.41) is 0. The molecular weight excluding hydrogens is 354 g/mol. The molecule has 4 rings (SSSR count). The van der Waals surface area contributed by atoms with Gasteiger partial charge in [0.2, 0.25) is 0 Å². The minimum Gasteiger partial charge on any atom is -0.494 e. The Morgan fingerprint density at radius 1 is 1.14 bits per heavy atom. The van der Waals surface area contributed by atoms with Gasteiger partial charge in [-0.3, -0.25) is 14.8 Å². The van der Waals surface area contributed by atoms with Gasteiger partial charge in [0.1, 0.15) is 11.9 Å². The van der Waals surface area contributed by atoms with Gasteiger partial charge in [-0.15, -0.1) is 0 Å². The molecule has 1 fully saturated rings. The summed E-state index contributed by atoms with van der Waals surface area (Å²) in [6.45, 7) is 1.57. The molecule has 1 unspecified atom stereocenters. The first kappa shape index (κ1) is 18.1. The van der Waals surface area contributed by atoms with Crippen LogP contribution in [0.1, 0.15) is 22.2 Å². The Morgan fingerprint density at radius 2 is 2.00 bits per heavy atom. The van der Waals surface area contributed by atoms with Crippen molar-refractivity contribution in [3.63, 3.8) is 0 Å². The molecule has 1 aromatic carbocycles. The highest BCUT2D eigenvalue weighted by Gasteiger charge is 2.26. The molecule has 6 nitrogen and oxygen atoms in total. The minimum absolute atomic E-state index is 0.00234. The molecule has 1 atom stereocenters. The molecule has 142 valence electrons. The number of carbonyl (C=O) groups excluding carboxylic acids is 1. The Balaban J connectivity index is 1.50. The van der Waals surface area contributed by atoms with Gasteiger partial charge >= 0.3 is 0 Å². The lowest BCUT2D eigenvalue weighted by atomic mass is 10.0. The van der Waals surface area contributed by atoms with Crippen molar-refractivity contribution in [2.75, 3.05) is 26.8 Å². The lowest BCUT2D eigenvalue weighted by molar-refractivity contribution is -0.0247. The predicted molar refractivity (Wildman–Crippen MR) is 105 cm³/mol. The summed E-state index contributed by atoms with van der Waals surface area (Å²) in [5.41, 5.74) is 3.42. The smallest absolute Gasteiger partial charge is 0.254 e. The normalized spacial score (nSPS) is 16.6. The number of ether oxygens (including phenoxy) is 2. The highest BCUT2D eigenvalue weighted by molar-refractivity contribution is 5.95. The zero-order chi connectivity index (χ0) is 19.3. The number of hydrogen-bond acceptors (Lipinski definition) is 5. The molecule has 3 aromatic rings. The van der Waals surface area contributed by atoms with Crippen LogP contribution in [0.2, 0.25) is 0 Å². The predicted octanol–water partition coefficient (Wildman–Crippen LogP) is 3.37. The van der Waals surface area contributed by atoms with Crippen molar-refractivity contribution < 1.29 is 14.3 Å². The zero-order valence-corrected chi connectivity index (χ0v) is 15.6. The first-order chi connectivity index (χ1) is 13.8. The molecule has 0 saturated carbocycles. The van der Waals surface area contributed by atoms with E-state index in [9.17, 15) is 4.79 Å². The number of rotatable bonds is 4. The van der Waals surface area contributed by atoms with Crippen LogP contribution in [0, 0.1) is 0 Å². The van der Waals surface area contributed by atoms with Crippen LogP contribution in [0.25, 0.3) is 11.1 Å². The van der Waals surface area contributed by atoms with Gasteiger partial charge in [0, 0.05) is 30.1 Å². The molecule has 3 heterocycles. The third-order valence-electron chi connectivity index (χ3n) is 4.82. The third kappa shape index (κ3) is 3.73. The highest BCUT2D eigenvalue weighted by Crippen LogP contribution is 2.29. The number of pyridine rings is 2. The molecule has 28 heavy (non-hydrogen) atoms. The summed E-state index contributed by atoms with van der Waals surface area (Å²) in [6.07, 6.45) is 4.95. The molecule has 0 N–H and O–H groups in total.